The van der Waals surface area contributed by atoms with E-state index in [1.54, 1.807) is 13.1 Å². The Morgan fingerprint density at radius 2 is 2.00 bits per heavy atom. The van der Waals surface area contributed by atoms with Gasteiger partial charge in [-0.1, -0.05) is 0 Å². The third-order valence-electron chi connectivity index (χ3n) is 4.33. The van der Waals surface area contributed by atoms with Crippen LogP contribution in [0, 0.1) is 5.82 Å². The van der Waals surface area contributed by atoms with Gasteiger partial charge in [-0.25, -0.2) is 9.37 Å². The molecule has 2 heterocycles. The van der Waals surface area contributed by atoms with Crippen LogP contribution in [0.3, 0.4) is 0 Å². The summed E-state index contributed by atoms with van der Waals surface area (Å²) in [5.41, 5.74) is 1.20. The van der Waals surface area contributed by atoms with E-state index >= 15 is 0 Å². The fraction of sp³-hybridized carbons (Fsp3) is 0.250. The van der Waals surface area contributed by atoms with Gasteiger partial charge >= 0.3 is 0 Å². The summed E-state index contributed by atoms with van der Waals surface area (Å²) in [5.74, 6) is -0.922. The van der Waals surface area contributed by atoms with Crippen molar-refractivity contribution in [1.82, 2.24) is 14.5 Å². The second-order valence-corrected chi connectivity index (χ2v) is 6.74. The van der Waals surface area contributed by atoms with Gasteiger partial charge in [0.05, 0.1) is 11.7 Å². The number of nitrogens with zero attached hydrogens (tertiary/aromatic N) is 3. The summed E-state index contributed by atoms with van der Waals surface area (Å²) in [7, 11) is 5.62. The van der Waals surface area contributed by atoms with Crippen LogP contribution in [-0.2, 0) is 7.05 Å². The van der Waals surface area contributed by atoms with Crippen molar-refractivity contribution in [3.63, 3.8) is 0 Å². The Balaban J connectivity index is 1.90. The number of carbonyl (C=O) groups is 1. The van der Waals surface area contributed by atoms with Crippen LogP contribution in [-0.4, -0.2) is 47.5 Å². The molecule has 2 N–H and O–H groups in total. The maximum Gasteiger partial charge on any atom is 0.263 e. The molecule has 28 heavy (non-hydrogen) atoms. The van der Waals surface area contributed by atoms with Gasteiger partial charge in [0, 0.05) is 31.2 Å². The van der Waals surface area contributed by atoms with Crippen molar-refractivity contribution >= 4 is 28.3 Å². The summed E-state index contributed by atoms with van der Waals surface area (Å²) in [6, 6.07) is 9.74. The molecular formula is C20H22FN5O2. The molecule has 8 heteroatoms. The van der Waals surface area contributed by atoms with E-state index in [4.69, 9.17) is 0 Å². The number of pyridine rings is 2. The molecule has 0 spiro atoms. The number of likely N-dealkylation sites (N-methyl/N-ethyl adjacent to an activating group) is 1. The number of amides is 1. The number of aryl methyl sites for hydroxylation is 1. The summed E-state index contributed by atoms with van der Waals surface area (Å²) >= 11 is 0. The summed E-state index contributed by atoms with van der Waals surface area (Å²) in [6.07, 6.45) is 1.000. The van der Waals surface area contributed by atoms with Crippen LogP contribution >= 0.6 is 0 Å². The van der Waals surface area contributed by atoms with Crippen molar-refractivity contribution in [3.8, 4) is 0 Å². The predicted octanol–water partition coefficient (Wildman–Crippen LogP) is 2.30. The zero-order valence-corrected chi connectivity index (χ0v) is 16.0. The van der Waals surface area contributed by atoms with Crippen molar-refractivity contribution in [2.24, 2.45) is 7.05 Å². The highest BCUT2D eigenvalue weighted by molar-refractivity contribution is 6.05. The Bertz CT molecular complexity index is 1060. The lowest BCUT2D eigenvalue weighted by Gasteiger charge is -2.13. The molecule has 146 valence electrons. The Labute approximate surface area is 161 Å². The number of benzene rings is 1. The summed E-state index contributed by atoms with van der Waals surface area (Å²) in [5, 5.41) is 6.61. The molecule has 1 amide bonds. The number of halogens is 1. The Morgan fingerprint density at radius 3 is 2.68 bits per heavy atom. The first-order valence-electron chi connectivity index (χ1n) is 8.80. The van der Waals surface area contributed by atoms with Gasteiger partial charge in [0.1, 0.15) is 17.2 Å². The second kappa shape index (κ2) is 8.18. The van der Waals surface area contributed by atoms with Crippen LogP contribution < -0.4 is 16.2 Å². The monoisotopic (exact) mass is 383 g/mol. The SMILES string of the molecule is CN(C)CCNc1ccc2c(c1)cc(C(=O)Nc1ccc(F)cn1)c(=O)n2C. The fourth-order valence-corrected chi connectivity index (χ4v) is 2.81. The van der Waals surface area contributed by atoms with Crippen LogP contribution in [0.2, 0.25) is 0 Å². The Hall–Kier alpha value is -3.26. The average Bonchev–Trinajstić information content (AvgIpc) is 2.66. The van der Waals surface area contributed by atoms with Crippen molar-refractivity contribution in [2.45, 2.75) is 0 Å². The molecule has 0 saturated heterocycles. The first-order valence-corrected chi connectivity index (χ1v) is 8.80. The van der Waals surface area contributed by atoms with Crippen molar-refractivity contribution in [2.75, 3.05) is 37.8 Å². The number of hydrogen-bond acceptors (Lipinski definition) is 5. The van der Waals surface area contributed by atoms with Gasteiger partial charge < -0.3 is 20.1 Å². The maximum atomic E-state index is 13.0. The number of rotatable bonds is 6. The van der Waals surface area contributed by atoms with Gasteiger partial charge in [-0.05, 0) is 50.5 Å². The number of nitrogens with one attached hydrogen (secondary N) is 2. The fourth-order valence-electron chi connectivity index (χ4n) is 2.81. The number of carbonyl (C=O) groups excluding carboxylic acids is 1. The van der Waals surface area contributed by atoms with Crippen molar-refractivity contribution in [3.05, 3.63) is 64.3 Å². The Morgan fingerprint density at radius 1 is 1.21 bits per heavy atom. The zero-order valence-electron chi connectivity index (χ0n) is 16.0. The third kappa shape index (κ3) is 4.34. The lowest BCUT2D eigenvalue weighted by Crippen LogP contribution is -2.28. The third-order valence-corrected chi connectivity index (χ3v) is 4.33. The molecule has 0 bridgehead atoms. The summed E-state index contributed by atoms with van der Waals surface area (Å²) in [4.78, 5) is 31.0. The minimum Gasteiger partial charge on any atom is -0.384 e. The van der Waals surface area contributed by atoms with E-state index in [0.29, 0.717) is 0 Å². The number of aromatic nitrogens is 2. The topological polar surface area (TPSA) is 79.3 Å². The lowest BCUT2D eigenvalue weighted by atomic mass is 10.1. The predicted molar refractivity (Wildman–Crippen MR) is 108 cm³/mol. The van der Waals surface area contributed by atoms with Crippen LogP contribution in [0.1, 0.15) is 10.4 Å². The number of hydrogen-bond donors (Lipinski definition) is 2. The highest BCUT2D eigenvalue weighted by Gasteiger charge is 2.15. The molecule has 3 aromatic rings. The lowest BCUT2D eigenvalue weighted by molar-refractivity contribution is 0.102. The van der Waals surface area contributed by atoms with Crippen LogP contribution in [0.4, 0.5) is 15.9 Å². The smallest absolute Gasteiger partial charge is 0.263 e. The largest absolute Gasteiger partial charge is 0.384 e. The van der Waals surface area contributed by atoms with E-state index < -0.39 is 17.3 Å². The first kappa shape index (κ1) is 19.5. The van der Waals surface area contributed by atoms with Gasteiger partial charge in [0.15, 0.2) is 0 Å². The van der Waals surface area contributed by atoms with E-state index in [0.717, 1.165) is 35.9 Å². The molecule has 0 unspecified atom stereocenters. The molecule has 2 aromatic heterocycles. The molecule has 7 nitrogen and oxygen atoms in total. The minimum atomic E-state index is -0.590. The molecule has 0 radical (unpaired) electrons. The van der Waals surface area contributed by atoms with Gasteiger partial charge in [-0.15, -0.1) is 0 Å². The van der Waals surface area contributed by atoms with E-state index in [-0.39, 0.29) is 11.4 Å². The molecule has 0 atom stereocenters. The Kier molecular flexibility index (Phi) is 5.70. The second-order valence-electron chi connectivity index (χ2n) is 6.74. The maximum absolute atomic E-state index is 13.0. The van der Waals surface area contributed by atoms with Gasteiger partial charge in [0.2, 0.25) is 0 Å². The van der Waals surface area contributed by atoms with Crippen LogP contribution in [0.25, 0.3) is 10.9 Å². The quantitative estimate of drug-likeness (QED) is 0.683. The van der Waals surface area contributed by atoms with E-state index in [1.807, 2.05) is 32.3 Å². The van der Waals surface area contributed by atoms with E-state index in [2.05, 4.69) is 20.5 Å². The highest BCUT2D eigenvalue weighted by Crippen LogP contribution is 2.19. The molecular weight excluding hydrogens is 361 g/mol. The average molecular weight is 383 g/mol. The van der Waals surface area contributed by atoms with E-state index in [1.165, 1.54) is 16.7 Å². The standard InChI is InChI=1S/C20H22FN5O2/c1-25(2)9-8-22-15-5-6-17-13(10-15)11-16(20(28)26(17)3)19(27)24-18-7-4-14(21)12-23-18/h4-7,10-12,22H,8-9H2,1-3H3,(H,23,24,27). The van der Waals surface area contributed by atoms with Crippen LogP contribution in [0.15, 0.2) is 47.4 Å². The molecule has 3 rings (SSSR count). The van der Waals surface area contributed by atoms with E-state index in [9.17, 15) is 14.0 Å². The minimum absolute atomic E-state index is 0.00781. The van der Waals surface area contributed by atoms with Gasteiger partial charge in [-0.3, -0.25) is 9.59 Å². The first-order chi connectivity index (χ1) is 13.3. The summed E-state index contributed by atoms with van der Waals surface area (Å²) in [6.45, 7) is 1.65. The molecule has 1 aromatic carbocycles. The summed E-state index contributed by atoms with van der Waals surface area (Å²) < 4.78 is 14.4. The van der Waals surface area contributed by atoms with Gasteiger partial charge in [0.25, 0.3) is 11.5 Å². The number of fused-ring (bicyclic) bond motifs is 1. The molecule has 0 aliphatic carbocycles. The van der Waals surface area contributed by atoms with Crippen LogP contribution in [0.5, 0.6) is 0 Å². The van der Waals surface area contributed by atoms with Crippen molar-refractivity contribution in [1.29, 1.82) is 0 Å². The van der Waals surface area contributed by atoms with Gasteiger partial charge in [-0.2, -0.15) is 0 Å². The normalized spacial score (nSPS) is 11.0. The molecule has 0 fully saturated rings. The molecule has 0 saturated carbocycles. The molecule has 0 aliphatic rings. The highest BCUT2D eigenvalue weighted by atomic mass is 19.1. The number of anilines is 2. The molecule has 0 aliphatic heterocycles. The zero-order chi connectivity index (χ0) is 20.3. The van der Waals surface area contributed by atoms with Crippen molar-refractivity contribution < 1.29 is 9.18 Å².